The lowest BCUT2D eigenvalue weighted by Gasteiger charge is -2.03. The van der Waals surface area contributed by atoms with Crippen molar-refractivity contribution in [2.45, 2.75) is 20.3 Å². The number of pyridine rings is 1. The van der Waals surface area contributed by atoms with E-state index in [2.05, 4.69) is 4.98 Å². The molecule has 0 amide bonds. The number of hydrogen-bond donors (Lipinski definition) is 1. The van der Waals surface area contributed by atoms with Crippen LogP contribution in [0.5, 0.6) is 0 Å². The van der Waals surface area contributed by atoms with Crippen molar-refractivity contribution in [1.82, 2.24) is 4.98 Å². The molecule has 1 aromatic carbocycles. The Bertz CT molecular complexity index is 841. The second kappa shape index (κ2) is 6.72. The Labute approximate surface area is 127 Å². The first-order valence-electron chi connectivity index (χ1n) is 7.04. The van der Waals surface area contributed by atoms with Crippen molar-refractivity contribution >= 4 is 22.9 Å². The van der Waals surface area contributed by atoms with Gasteiger partial charge in [0.25, 0.3) is 5.56 Å². The minimum absolute atomic E-state index is 0.172. The predicted octanol–water partition coefficient (Wildman–Crippen LogP) is 2.56. The molecule has 2 aromatic rings. The zero-order valence-corrected chi connectivity index (χ0v) is 12.5. The summed E-state index contributed by atoms with van der Waals surface area (Å²) in [6.45, 7) is 3.87. The number of aromatic amines is 1. The van der Waals surface area contributed by atoms with Gasteiger partial charge in [0.1, 0.15) is 11.6 Å². The van der Waals surface area contributed by atoms with Crippen LogP contribution in [0.15, 0.2) is 34.6 Å². The Morgan fingerprint density at radius 1 is 1.36 bits per heavy atom. The Hall–Kier alpha value is -2.87. The molecule has 0 saturated carbocycles. The number of aromatic nitrogens is 1. The number of nitriles is 1. The molecular formula is C17H16N2O3. The third-order valence-corrected chi connectivity index (χ3v) is 3.26. The van der Waals surface area contributed by atoms with Gasteiger partial charge in [0.05, 0.1) is 6.61 Å². The van der Waals surface area contributed by atoms with Crippen molar-refractivity contribution in [3.8, 4) is 6.07 Å². The van der Waals surface area contributed by atoms with E-state index in [-0.39, 0.29) is 23.3 Å². The maximum Gasteiger partial charge on any atom is 0.348 e. The van der Waals surface area contributed by atoms with Crippen molar-refractivity contribution in [3.63, 3.8) is 0 Å². The molecule has 5 nitrogen and oxygen atoms in total. The number of esters is 1. The highest BCUT2D eigenvalue weighted by Crippen LogP contribution is 2.15. The van der Waals surface area contributed by atoms with Gasteiger partial charge in [-0.25, -0.2) is 4.79 Å². The predicted molar refractivity (Wildman–Crippen MR) is 84.2 cm³/mol. The second-order valence-electron chi connectivity index (χ2n) is 4.72. The first-order chi connectivity index (χ1) is 10.6. The van der Waals surface area contributed by atoms with Crippen LogP contribution in [0.4, 0.5) is 0 Å². The van der Waals surface area contributed by atoms with Crippen LogP contribution in [0, 0.1) is 11.3 Å². The lowest BCUT2D eigenvalue weighted by atomic mass is 10.1. The van der Waals surface area contributed by atoms with Gasteiger partial charge in [-0.3, -0.25) is 4.79 Å². The average Bonchev–Trinajstić information content (AvgIpc) is 2.52. The van der Waals surface area contributed by atoms with Gasteiger partial charge in [0, 0.05) is 11.1 Å². The number of rotatable bonds is 4. The topological polar surface area (TPSA) is 82.9 Å². The fourth-order valence-corrected chi connectivity index (χ4v) is 2.10. The zero-order valence-electron chi connectivity index (χ0n) is 12.5. The molecule has 1 N–H and O–H groups in total. The Kier molecular flexibility index (Phi) is 4.74. The van der Waals surface area contributed by atoms with Crippen LogP contribution in [0.1, 0.15) is 25.0 Å². The van der Waals surface area contributed by atoms with Gasteiger partial charge in [0.2, 0.25) is 0 Å². The van der Waals surface area contributed by atoms with Gasteiger partial charge in [-0.1, -0.05) is 13.0 Å². The van der Waals surface area contributed by atoms with Crippen molar-refractivity contribution in [3.05, 3.63) is 51.3 Å². The summed E-state index contributed by atoms with van der Waals surface area (Å²) in [7, 11) is 0. The van der Waals surface area contributed by atoms with E-state index in [4.69, 9.17) is 10.00 Å². The number of hydrogen-bond acceptors (Lipinski definition) is 4. The number of ether oxygens (including phenoxy) is 1. The maximum atomic E-state index is 12.1. The monoisotopic (exact) mass is 296 g/mol. The molecule has 0 aliphatic rings. The van der Waals surface area contributed by atoms with Crippen molar-refractivity contribution in [2.75, 3.05) is 6.61 Å². The molecule has 5 heteroatoms. The molecule has 1 aromatic heterocycles. The molecule has 22 heavy (non-hydrogen) atoms. The van der Waals surface area contributed by atoms with Crippen LogP contribution >= 0.6 is 0 Å². The maximum absolute atomic E-state index is 12.1. The molecule has 0 fully saturated rings. The third kappa shape index (κ3) is 3.23. The molecule has 0 unspecified atom stereocenters. The van der Waals surface area contributed by atoms with Crippen LogP contribution in [0.25, 0.3) is 17.0 Å². The van der Waals surface area contributed by atoms with Gasteiger partial charge in [-0.2, -0.15) is 5.26 Å². The largest absolute Gasteiger partial charge is 0.462 e. The van der Waals surface area contributed by atoms with Crippen LogP contribution in [0.3, 0.4) is 0 Å². The summed E-state index contributed by atoms with van der Waals surface area (Å²) in [5.74, 6) is -0.730. The van der Waals surface area contributed by atoms with Gasteiger partial charge >= 0.3 is 5.97 Å². The molecule has 112 valence electrons. The summed E-state index contributed by atoms with van der Waals surface area (Å²) in [6, 6.07) is 9.21. The molecule has 0 aliphatic carbocycles. The first kappa shape index (κ1) is 15.5. The number of nitrogens with zero attached hydrogens (tertiary/aromatic N) is 1. The third-order valence-electron chi connectivity index (χ3n) is 3.26. The van der Waals surface area contributed by atoms with E-state index in [0.717, 1.165) is 17.4 Å². The van der Waals surface area contributed by atoms with E-state index in [1.165, 1.54) is 6.08 Å². The van der Waals surface area contributed by atoms with E-state index in [1.807, 2.05) is 25.1 Å². The molecule has 1 heterocycles. The Morgan fingerprint density at radius 3 is 2.77 bits per heavy atom. The summed E-state index contributed by atoms with van der Waals surface area (Å²) < 4.78 is 4.79. The van der Waals surface area contributed by atoms with Gasteiger partial charge in [-0.05, 0) is 48.6 Å². The standard InChI is InChI=1S/C17H16N2O3/c1-3-11-5-6-15-12(7-11)8-13(16(20)19-15)9-14(10-18)17(21)22-4-2/h5-9H,3-4H2,1-2H3,(H,19,20)/b14-9+. The molecule has 0 atom stereocenters. The van der Waals surface area contributed by atoms with Crippen LogP contribution < -0.4 is 5.56 Å². The summed E-state index contributed by atoms with van der Waals surface area (Å²) in [4.78, 5) is 26.4. The van der Waals surface area contributed by atoms with Crippen LogP contribution in [-0.2, 0) is 16.0 Å². The van der Waals surface area contributed by atoms with E-state index in [1.54, 1.807) is 19.1 Å². The number of fused-ring (bicyclic) bond motifs is 1. The fraction of sp³-hybridized carbons (Fsp3) is 0.235. The highest BCUT2D eigenvalue weighted by molar-refractivity contribution is 5.98. The lowest BCUT2D eigenvalue weighted by Crippen LogP contribution is -2.11. The smallest absolute Gasteiger partial charge is 0.348 e. The van der Waals surface area contributed by atoms with Gasteiger partial charge in [0.15, 0.2) is 0 Å². The molecule has 0 aliphatic heterocycles. The molecule has 0 saturated heterocycles. The summed E-state index contributed by atoms with van der Waals surface area (Å²) in [6.07, 6.45) is 2.14. The number of aryl methyl sites for hydroxylation is 1. The number of H-pyrrole nitrogens is 1. The number of nitrogens with one attached hydrogen (secondary N) is 1. The van der Waals surface area contributed by atoms with E-state index >= 15 is 0 Å². The Morgan fingerprint density at radius 2 is 2.14 bits per heavy atom. The Balaban J connectivity index is 2.55. The van der Waals surface area contributed by atoms with E-state index < -0.39 is 5.97 Å². The van der Waals surface area contributed by atoms with E-state index in [0.29, 0.717) is 5.52 Å². The van der Waals surface area contributed by atoms with Crippen LogP contribution in [-0.4, -0.2) is 17.6 Å². The lowest BCUT2D eigenvalue weighted by molar-refractivity contribution is -0.137. The summed E-state index contributed by atoms with van der Waals surface area (Å²) in [5.41, 5.74) is 1.56. The van der Waals surface area contributed by atoms with Crippen molar-refractivity contribution < 1.29 is 9.53 Å². The normalized spacial score (nSPS) is 11.2. The van der Waals surface area contributed by atoms with Gasteiger partial charge < -0.3 is 9.72 Å². The molecule has 0 spiro atoms. The van der Waals surface area contributed by atoms with Gasteiger partial charge in [-0.15, -0.1) is 0 Å². The number of carbonyl (C=O) groups excluding carboxylic acids is 1. The number of benzene rings is 1. The number of carbonyl (C=O) groups is 1. The minimum atomic E-state index is -0.730. The van der Waals surface area contributed by atoms with Crippen molar-refractivity contribution in [2.24, 2.45) is 0 Å². The second-order valence-corrected chi connectivity index (χ2v) is 4.72. The molecule has 0 radical (unpaired) electrons. The van der Waals surface area contributed by atoms with Crippen LogP contribution in [0.2, 0.25) is 0 Å². The summed E-state index contributed by atoms with van der Waals surface area (Å²) >= 11 is 0. The highest BCUT2D eigenvalue weighted by atomic mass is 16.5. The SMILES string of the molecule is CCOC(=O)/C(C#N)=C/c1cc2cc(CC)ccc2[nH]c1=O. The fourth-order valence-electron chi connectivity index (χ4n) is 2.10. The molecule has 0 bridgehead atoms. The first-order valence-corrected chi connectivity index (χ1v) is 7.04. The van der Waals surface area contributed by atoms with E-state index in [9.17, 15) is 9.59 Å². The highest BCUT2D eigenvalue weighted by Gasteiger charge is 2.11. The minimum Gasteiger partial charge on any atom is -0.462 e. The van der Waals surface area contributed by atoms with Crippen molar-refractivity contribution in [1.29, 1.82) is 5.26 Å². The quantitative estimate of drug-likeness (QED) is 0.534. The molecule has 2 rings (SSSR count). The average molecular weight is 296 g/mol. The molecular weight excluding hydrogens is 280 g/mol. The summed E-state index contributed by atoms with van der Waals surface area (Å²) in [5, 5.41) is 9.89. The zero-order chi connectivity index (χ0) is 16.1.